The van der Waals surface area contributed by atoms with E-state index in [9.17, 15) is 24.5 Å². The second-order valence-corrected chi connectivity index (χ2v) is 7.48. The maximum absolute atomic E-state index is 13.2. The third-order valence-electron chi connectivity index (χ3n) is 5.23. The van der Waals surface area contributed by atoms with E-state index in [2.05, 4.69) is 25.8 Å². The van der Waals surface area contributed by atoms with Crippen molar-refractivity contribution < 1.29 is 14.5 Å². The standard InChI is InChI=1S/C22H21N7O6/c1-35-10-9-28-19(18(21(31)25-22(28)32)23-12-13-5-3-2-4-6-13)24-20(30)17-15-11-14(29(33)34)7-8-16(15)26-27-17/h2-8,11,23H,9-10,12H2,1H3,(H,24,30)(H,26,27)(H,25,31,32). The van der Waals surface area contributed by atoms with Gasteiger partial charge in [0.1, 0.15) is 11.5 Å². The van der Waals surface area contributed by atoms with E-state index in [1.54, 1.807) is 0 Å². The number of methoxy groups -OCH3 is 1. The molecule has 180 valence electrons. The van der Waals surface area contributed by atoms with E-state index in [4.69, 9.17) is 4.74 Å². The molecule has 2 heterocycles. The SMILES string of the molecule is COCCn1c(NC(=O)c2n[nH]c3ccc([N+](=O)[O-])cc23)c(NCc2ccccc2)c(=O)[nH]c1=O. The minimum absolute atomic E-state index is 0.0362. The number of anilines is 2. The number of amides is 1. The van der Waals surface area contributed by atoms with Crippen LogP contribution in [0.1, 0.15) is 16.1 Å². The Morgan fingerprint density at radius 1 is 1.20 bits per heavy atom. The van der Waals surface area contributed by atoms with Crippen LogP contribution in [0.4, 0.5) is 17.2 Å². The lowest BCUT2D eigenvalue weighted by Gasteiger charge is -2.17. The number of carbonyl (C=O) groups is 1. The number of benzene rings is 2. The number of aromatic nitrogens is 4. The molecule has 2 aromatic carbocycles. The lowest BCUT2D eigenvalue weighted by molar-refractivity contribution is -0.384. The normalized spacial score (nSPS) is 10.9. The number of ether oxygens (including phenoxy) is 1. The average Bonchev–Trinajstić information content (AvgIpc) is 3.27. The van der Waals surface area contributed by atoms with Crippen molar-refractivity contribution in [3.05, 3.63) is 90.7 Å². The van der Waals surface area contributed by atoms with Gasteiger partial charge in [0.05, 0.1) is 23.6 Å². The van der Waals surface area contributed by atoms with Gasteiger partial charge in [0.25, 0.3) is 17.2 Å². The van der Waals surface area contributed by atoms with Crippen molar-refractivity contribution in [3.63, 3.8) is 0 Å². The van der Waals surface area contributed by atoms with Crippen LogP contribution in [0.5, 0.6) is 0 Å². The molecule has 0 fully saturated rings. The van der Waals surface area contributed by atoms with Crippen molar-refractivity contribution >= 4 is 34.0 Å². The van der Waals surface area contributed by atoms with Gasteiger partial charge in [-0.25, -0.2) is 4.79 Å². The number of rotatable bonds is 9. The van der Waals surface area contributed by atoms with Crippen molar-refractivity contribution in [2.45, 2.75) is 13.1 Å². The van der Waals surface area contributed by atoms with Gasteiger partial charge in [-0.3, -0.25) is 34.4 Å². The van der Waals surface area contributed by atoms with Gasteiger partial charge in [-0.15, -0.1) is 0 Å². The summed E-state index contributed by atoms with van der Waals surface area (Å²) in [4.78, 5) is 51.3. The quantitative estimate of drug-likeness (QED) is 0.207. The molecule has 13 heteroatoms. The monoisotopic (exact) mass is 479 g/mol. The summed E-state index contributed by atoms with van der Waals surface area (Å²) >= 11 is 0. The van der Waals surface area contributed by atoms with E-state index in [0.29, 0.717) is 5.52 Å². The van der Waals surface area contributed by atoms with Crippen molar-refractivity contribution in [2.24, 2.45) is 0 Å². The van der Waals surface area contributed by atoms with E-state index in [0.717, 1.165) is 10.1 Å². The summed E-state index contributed by atoms with van der Waals surface area (Å²) in [5.41, 5.74) is -0.582. The lowest BCUT2D eigenvalue weighted by Crippen LogP contribution is -2.36. The molecule has 0 radical (unpaired) electrons. The molecule has 1 amide bonds. The van der Waals surface area contributed by atoms with Crippen LogP contribution in [0.3, 0.4) is 0 Å². The Balaban J connectivity index is 1.75. The summed E-state index contributed by atoms with van der Waals surface area (Å²) in [6.07, 6.45) is 0. The molecular weight excluding hydrogens is 458 g/mol. The number of nitro benzene ring substituents is 1. The second-order valence-electron chi connectivity index (χ2n) is 7.48. The van der Waals surface area contributed by atoms with E-state index < -0.39 is 22.1 Å². The fraction of sp³-hybridized carbons (Fsp3) is 0.182. The van der Waals surface area contributed by atoms with Gasteiger partial charge >= 0.3 is 5.69 Å². The number of hydrogen-bond donors (Lipinski definition) is 4. The molecule has 2 aromatic heterocycles. The first-order valence-electron chi connectivity index (χ1n) is 10.5. The second kappa shape index (κ2) is 10.0. The fourth-order valence-corrected chi connectivity index (χ4v) is 3.50. The zero-order chi connectivity index (χ0) is 24.9. The van der Waals surface area contributed by atoms with Gasteiger partial charge in [0.15, 0.2) is 5.69 Å². The van der Waals surface area contributed by atoms with Gasteiger partial charge in [0.2, 0.25) is 0 Å². The molecule has 35 heavy (non-hydrogen) atoms. The molecule has 4 aromatic rings. The predicted molar refractivity (Wildman–Crippen MR) is 128 cm³/mol. The average molecular weight is 479 g/mol. The highest BCUT2D eigenvalue weighted by Crippen LogP contribution is 2.24. The largest absolute Gasteiger partial charge is 0.383 e. The number of aromatic amines is 2. The third kappa shape index (κ3) is 4.94. The van der Waals surface area contributed by atoms with Gasteiger partial charge in [-0.05, 0) is 11.6 Å². The fourth-order valence-electron chi connectivity index (χ4n) is 3.50. The summed E-state index contributed by atoms with van der Waals surface area (Å²) in [6.45, 7) is 0.409. The number of nitrogens with one attached hydrogen (secondary N) is 4. The molecule has 0 aliphatic carbocycles. The van der Waals surface area contributed by atoms with Crippen LogP contribution in [0.25, 0.3) is 10.9 Å². The van der Waals surface area contributed by atoms with E-state index >= 15 is 0 Å². The number of H-pyrrole nitrogens is 2. The van der Waals surface area contributed by atoms with E-state index in [1.807, 2.05) is 30.3 Å². The summed E-state index contributed by atoms with van der Waals surface area (Å²) in [7, 11) is 1.45. The molecule has 0 spiro atoms. The number of carbonyl (C=O) groups excluding carboxylic acids is 1. The number of fused-ring (bicyclic) bond motifs is 1. The molecule has 0 saturated carbocycles. The van der Waals surface area contributed by atoms with Crippen LogP contribution in [-0.2, 0) is 17.8 Å². The van der Waals surface area contributed by atoms with Crippen molar-refractivity contribution in [1.82, 2.24) is 19.7 Å². The first-order valence-corrected chi connectivity index (χ1v) is 10.5. The molecule has 4 N–H and O–H groups in total. The summed E-state index contributed by atoms with van der Waals surface area (Å²) in [6, 6.07) is 13.2. The van der Waals surface area contributed by atoms with Gasteiger partial charge in [0, 0.05) is 31.2 Å². The van der Waals surface area contributed by atoms with Crippen molar-refractivity contribution in [3.8, 4) is 0 Å². The highest BCUT2D eigenvalue weighted by Gasteiger charge is 2.22. The molecular formula is C22H21N7O6. The Morgan fingerprint density at radius 2 is 1.97 bits per heavy atom. The maximum Gasteiger partial charge on any atom is 0.330 e. The first-order chi connectivity index (χ1) is 16.9. The highest BCUT2D eigenvalue weighted by molar-refractivity contribution is 6.12. The minimum Gasteiger partial charge on any atom is -0.383 e. The molecule has 0 bridgehead atoms. The summed E-state index contributed by atoms with van der Waals surface area (Å²) in [5.74, 6) is -0.853. The van der Waals surface area contributed by atoms with Crippen LogP contribution in [-0.4, -0.2) is 44.3 Å². The number of non-ortho nitro benzene ring substituents is 1. The number of nitro groups is 1. The minimum atomic E-state index is -0.768. The maximum atomic E-state index is 13.2. The number of nitrogens with zero attached hydrogens (tertiary/aromatic N) is 3. The molecule has 4 rings (SSSR count). The lowest BCUT2D eigenvalue weighted by atomic mass is 10.2. The van der Waals surface area contributed by atoms with Gasteiger partial charge in [-0.1, -0.05) is 30.3 Å². The number of hydrogen-bond acceptors (Lipinski definition) is 8. The Bertz CT molecular complexity index is 1510. The first kappa shape index (κ1) is 23.4. The molecule has 0 aliphatic rings. The van der Waals surface area contributed by atoms with Crippen molar-refractivity contribution in [1.29, 1.82) is 0 Å². The van der Waals surface area contributed by atoms with E-state index in [-0.39, 0.29) is 48.0 Å². The molecule has 0 aliphatic heterocycles. The van der Waals surface area contributed by atoms with Gasteiger partial charge < -0.3 is 15.4 Å². The topological polar surface area (TPSA) is 177 Å². The molecule has 0 unspecified atom stereocenters. The summed E-state index contributed by atoms with van der Waals surface area (Å²) in [5, 5.41) is 23.6. The Kier molecular flexibility index (Phi) is 6.69. The zero-order valence-corrected chi connectivity index (χ0v) is 18.5. The van der Waals surface area contributed by atoms with Crippen LogP contribution < -0.4 is 21.9 Å². The van der Waals surface area contributed by atoms with Crippen LogP contribution in [0.2, 0.25) is 0 Å². The predicted octanol–water partition coefficient (Wildman–Crippen LogP) is 1.83. The zero-order valence-electron chi connectivity index (χ0n) is 18.5. The molecule has 0 saturated heterocycles. The Labute approximate surface area is 196 Å². The van der Waals surface area contributed by atoms with Crippen LogP contribution in [0.15, 0.2) is 58.1 Å². The Hall–Kier alpha value is -4.78. The smallest absolute Gasteiger partial charge is 0.330 e. The summed E-state index contributed by atoms with van der Waals surface area (Å²) < 4.78 is 6.22. The van der Waals surface area contributed by atoms with Crippen LogP contribution >= 0.6 is 0 Å². The van der Waals surface area contributed by atoms with E-state index in [1.165, 1.54) is 25.3 Å². The van der Waals surface area contributed by atoms with Crippen molar-refractivity contribution in [2.75, 3.05) is 24.4 Å². The highest BCUT2D eigenvalue weighted by atomic mass is 16.6. The van der Waals surface area contributed by atoms with Crippen LogP contribution in [0, 0.1) is 10.1 Å². The Morgan fingerprint density at radius 3 is 2.69 bits per heavy atom. The van der Waals surface area contributed by atoms with Gasteiger partial charge in [-0.2, -0.15) is 5.10 Å². The third-order valence-corrected chi connectivity index (χ3v) is 5.23. The molecule has 0 atom stereocenters. The molecule has 13 nitrogen and oxygen atoms in total.